The third-order valence-electron chi connectivity index (χ3n) is 3.08. The molecule has 3 N–H and O–H groups in total. The van der Waals surface area contributed by atoms with Crippen LogP contribution in [0.15, 0.2) is 35.7 Å². The third kappa shape index (κ3) is 2.07. The number of halogens is 1. The van der Waals surface area contributed by atoms with Crippen molar-refractivity contribution in [3.63, 3.8) is 0 Å². The second-order valence-electron chi connectivity index (χ2n) is 4.37. The Hall–Kier alpha value is -2.67. The molecule has 0 unspecified atom stereocenters. The van der Waals surface area contributed by atoms with E-state index in [2.05, 4.69) is 0 Å². The molecule has 2 heterocycles. The minimum absolute atomic E-state index is 0.0222. The summed E-state index contributed by atoms with van der Waals surface area (Å²) in [5.41, 5.74) is 5.30. The van der Waals surface area contributed by atoms with E-state index < -0.39 is 17.7 Å². The van der Waals surface area contributed by atoms with Crippen LogP contribution in [0, 0.1) is 5.82 Å². The largest absolute Gasteiger partial charge is 0.494 e. The zero-order valence-electron chi connectivity index (χ0n) is 10.5. The van der Waals surface area contributed by atoms with Gasteiger partial charge in [0.15, 0.2) is 0 Å². The molecule has 21 heavy (non-hydrogen) atoms. The van der Waals surface area contributed by atoms with E-state index in [0.29, 0.717) is 4.88 Å². The molecule has 3 aromatic rings. The highest BCUT2D eigenvalue weighted by atomic mass is 32.1. The third-order valence-corrected chi connectivity index (χ3v) is 3.95. The van der Waals surface area contributed by atoms with E-state index in [1.807, 2.05) is 0 Å². The standard InChI is InChI=1S/C14H9FN2O3S/c15-9-4-7(13(19)11-2-1-3-21-11)5-10-8(9)6-12(18)17(10)14(16)20/h1-6,18H,(H2,16,20). The zero-order chi connectivity index (χ0) is 15.1. The second-order valence-corrected chi connectivity index (χ2v) is 5.32. The van der Waals surface area contributed by atoms with Crippen LogP contribution < -0.4 is 5.73 Å². The normalized spacial score (nSPS) is 10.9. The van der Waals surface area contributed by atoms with Gasteiger partial charge >= 0.3 is 6.03 Å². The van der Waals surface area contributed by atoms with Gasteiger partial charge in [0, 0.05) is 17.0 Å². The molecule has 7 heteroatoms. The molecule has 0 aliphatic carbocycles. The first-order chi connectivity index (χ1) is 9.99. The van der Waals surface area contributed by atoms with Crippen molar-refractivity contribution in [2.45, 2.75) is 0 Å². The molecule has 1 aromatic carbocycles. The summed E-state index contributed by atoms with van der Waals surface area (Å²) >= 11 is 1.23. The van der Waals surface area contributed by atoms with Crippen molar-refractivity contribution in [2.75, 3.05) is 0 Å². The van der Waals surface area contributed by atoms with Crippen LogP contribution in [0.4, 0.5) is 9.18 Å². The number of carbonyl (C=O) groups excluding carboxylic acids is 2. The lowest BCUT2D eigenvalue weighted by atomic mass is 10.1. The summed E-state index contributed by atoms with van der Waals surface area (Å²) in [6.07, 6.45) is 0. The number of fused-ring (bicyclic) bond motifs is 1. The SMILES string of the molecule is NC(=O)n1c(O)cc2c(F)cc(C(=O)c3cccs3)cc21. The molecule has 0 saturated carbocycles. The van der Waals surface area contributed by atoms with Crippen molar-refractivity contribution in [1.29, 1.82) is 0 Å². The van der Waals surface area contributed by atoms with Crippen LogP contribution >= 0.6 is 11.3 Å². The number of hydrogen-bond donors (Lipinski definition) is 2. The summed E-state index contributed by atoms with van der Waals surface area (Å²) < 4.78 is 14.8. The van der Waals surface area contributed by atoms with Crippen LogP contribution in [-0.4, -0.2) is 21.5 Å². The summed E-state index contributed by atoms with van der Waals surface area (Å²) in [6, 6.07) is 5.89. The number of amides is 1. The second kappa shape index (κ2) is 4.71. The molecule has 0 bridgehead atoms. The molecule has 0 radical (unpaired) electrons. The van der Waals surface area contributed by atoms with Gasteiger partial charge in [0.1, 0.15) is 5.82 Å². The minimum Gasteiger partial charge on any atom is -0.494 e. The average molecular weight is 304 g/mol. The fourth-order valence-electron chi connectivity index (χ4n) is 2.16. The van der Waals surface area contributed by atoms with E-state index in [-0.39, 0.29) is 22.2 Å². The van der Waals surface area contributed by atoms with Crippen molar-refractivity contribution in [3.8, 4) is 5.88 Å². The number of thiophene rings is 1. The highest BCUT2D eigenvalue weighted by molar-refractivity contribution is 7.12. The maximum absolute atomic E-state index is 14.1. The van der Waals surface area contributed by atoms with E-state index in [0.717, 1.165) is 16.7 Å². The summed E-state index contributed by atoms with van der Waals surface area (Å²) in [4.78, 5) is 24.0. The monoisotopic (exact) mass is 304 g/mol. The molecule has 1 amide bonds. The number of benzene rings is 1. The number of aromatic hydroxyl groups is 1. The molecular formula is C14H9FN2O3S. The Labute approximate surface area is 122 Å². The van der Waals surface area contributed by atoms with Crippen LogP contribution in [0.1, 0.15) is 15.2 Å². The molecule has 2 aromatic heterocycles. The molecule has 0 aliphatic heterocycles. The van der Waals surface area contributed by atoms with Crippen molar-refractivity contribution >= 4 is 34.1 Å². The van der Waals surface area contributed by atoms with E-state index in [1.165, 1.54) is 17.4 Å². The minimum atomic E-state index is -0.956. The van der Waals surface area contributed by atoms with E-state index in [9.17, 15) is 19.1 Å². The number of nitrogens with zero attached hydrogens (tertiary/aromatic N) is 1. The topological polar surface area (TPSA) is 85.3 Å². The maximum Gasteiger partial charge on any atom is 0.326 e. The number of carbonyl (C=O) groups is 2. The lowest BCUT2D eigenvalue weighted by molar-refractivity contribution is 0.104. The van der Waals surface area contributed by atoms with Gasteiger partial charge < -0.3 is 10.8 Å². The Morgan fingerprint density at radius 2 is 2.05 bits per heavy atom. The van der Waals surface area contributed by atoms with Gasteiger partial charge in [0.25, 0.3) is 0 Å². The van der Waals surface area contributed by atoms with Gasteiger partial charge in [-0.25, -0.2) is 13.8 Å². The van der Waals surface area contributed by atoms with Gasteiger partial charge in [-0.15, -0.1) is 11.3 Å². The quantitative estimate of drug-likeness (QED) is 0.714. The highest BCUT2D eigenvalue weighted by Crippen LogP contribution is 2.29. The Morgan fingerprint density at radius 1 is 1.29 bits per heavy atom. The predicted molar refractivity (Wildman–Crippen MR) is 76.3 cm³/mol. The van der Waals surface area contributed by atoms with E-state index in [1.54, 1.807) is 17.5 Å². The van der Waals surface area contributed by atoms with Gasteiger partial charge in [-0.1, -0.05) is 6.07 Å². The Morgan fingerprint density at radius 3 is 2.67 bits per heavy atom. The van der Waals surface area contributed by atoms with Crippen molar-refractivity contribution in [1.82, 2.24) is 4.57 Å². The van der Waals surface area contributed by atoms with Crippen LogP contribution in [0.3, 0.4) is 0 Å². The van der Waals surface area contributed by atoms with E-state index >= 15 is 0 Å². The molecule has 0 atom stereocenters. The fourth-order valence-corrected chi connectivity index (χ4v) is 2.85. The Bertz CT molecular complexity index is 868. The van der Waals surface area contributed by atoms with Gasteiger partial charge in [-0.05, 0) is 23.6 Å². The first kappa shape index (κ1) is 13.3. The van der Waals surface area contributed by atoms with Crippen LogP contribution in [-0.2, 0) is 0 Å². The van der Waals surface area contributed by atoms with Gasteiger partial charge in [-0.2, -0.15) is 0 Å². The zero-order valence-corrected chi connectivity index (χ0v) is 11.4. The molecule has 0 spiro atoms. The van der Waals surface area contributed by atoms with Crippen LogP contribution in [0.2, 0.25) is 0 Å². The van der Waals surface area contributed by atoms with Crippen molar-refractivity contribution < 1.29 is 19.1 Å². The molecule has 0 aliphatic rings. The molecule has 0 fully saturated rings. The Balaban J connectivity index is 2.25. The summed E-state index contributed by atoms with van der Waals surface area (Å²) in [5.74, 6) is -1.54. The fraction of sp³-hybridized carbons (Fsp3) is 0. The van der Waals surface area contributed by atoms with Gasteiger partial charge in [-0.3, -0.25) is 4.79 Å². The van der Waals surface area contributed by atoms with E-state index in [4.69, 9.17) is 5.73 Å². The van der Waals surface area contributed by atoms with Crippen LogP contribution in [0.25, 0.3) is 10.9 Å². The summed E-state index contributed by atoms with van der Waals surface area (Å²) in [6.45, 7) is 0. The number of rotatable bonds is 2. The number of ketones is 1. The smallest absolute Gasteiger partial charge is 0.326 e. The van der Waals surface area contributed by atoms with Gasteiger partial charge in [0.05, 0.1) is 10.4 Å². The number of nitrogens with two attached hydrogens (primary N) is 1. The summed E-state index contributed by atoms with van der Waals surface area (Å²) in [5, 5.41) is 11.4. The maximum atomic E-state index is 14.1. The molecule has 5 nitrogen and oxygen atoms in total. The highest BCUT2D eigenvalue weighted by Gasteiger charge is 2.19. The average Bonchev–Trinajstić information content (AvgIpc) is 3.04. The van der Waals surface area contributed by atoms with Crippen LogP contribution in [0.5, 0.6) is 5.88 Å². The molecule has 3 rings (SSSR count). The molecular weight excluding hydrogens is 295 g/mol. The molecule has 0 saturated heterocycles. The first-order valence-electron chi connectivity index (χ1n) is 5.91. The summed E-state index contributed by atoms with van der Waals surface area (Å²) in [7, 11) is 0. The predicted octanol–water partition coefficient (Wildman–Crippen LogP) is 2.71. The van der Waals surface area contributed by atoms with Crippen molar-refractivity contribution in [3.05, 3.63) is 52.0 Å². The number of primary amides is 1. The first-order valence-corrected chi connectivity index (χ1v) is 6.79. The Kier molecular flexibility index (Phi) is 2.99. The van der Waals surface area contributed by atoms with Gasteiger partial charge in [0.2, 0.25) is 11.7 Å². The number of aromatic nitrogens is 1. The van der Waals surface area contributed by atoms with Crippen molar-refractivity contribution in [2.24, 2.45) is 5.73 Å². The number of hydrogen-bond acceptors (Lipinski definition) is 4. The lowest BCUT2D eigenvalue weighted by Gasteiger charge is -2.04. The lowest BCUT2D eigenvalue weighted by Crippen LogP contribution is -2.18. The molecule has 106 valence electrons.